The van der Waals surface area contributed by atoms with Gasteiger partial charge in [-0.1, -0.05) is 12.1 Å². The predicted molar refractivity (Wildman–Crippen MR) is 59.6 cm³/mol. The van der Waals surface area contributed by atoms with E-state index in [4.69, 9.17) is 4.42 Å². The van der Waals surface area contributed by atoms with Crippen LogP contribution in [0, 0.1) is 0 Å². The highest BCUT2D eigenvalue weighted by atomic mass is 16.3. The summed E-state index contributed by atoms with van der Waals surface area (Å²) in [5, 5.41) is 0.578. The highest BCUT2D eigenvalue weighted by Crippen LogP contribution is 2.12. The molecule has 0 aliphatic carbocycles. The highest BCUT2D eigenvalue weighted by molar-refractivity contribution is 5.77. The number of hydrogen-bond donors (Lipinski definition) is 0. The lowest BCUT2D eigenvalue weighted by atomic mass is 10.2. The molecule has 0 radical (unpaired) electrons. The number of hydrogen-bond acceptors (Lipinski definition) is 3. The topological polar surface area (TPSA) is 48.0 Å². The maximum atomic E-state index is 12.1. The summed E-state index contributed by atoms with van der Waals surface area (Å²) in [7, 11) is 0. The number of nitrogens with zero attached hydrogens (tertiary/aromatic N) is 2. The van der Waals surface area contributed by atoms with E-state index in [0.29, 0.717) is 16.7 Å². The zero-order valence-electron chi connectivity index (χ0n) is 8.33. The standard InChI is InChI=1S/C12H8N2O2/c15-12-9-3-1-2-4-11(9)16-7-10(12)14-6-5-13-8-14/h1-8H. The Labute approximate surface area is 90.8 Å². The molecule has 2 aromatic heterocycles. The Balaban J connectivity index is 2.37. The molecule has 1 aromatic carbocycles. The van der Waals surface area contributed by atoms with Crippen LogP contribution in [0.1, 0.15) is 0 Å². The molecule has 4 nitrogen and oxygen atoms in total. The van der Waals surface area contributed by atoms with E-state index in [1.807, 2.05) is 12.1 Å². The summed E-state index contributed by atoms with van der Waals surface area (Å²) in [5.41, 5.74) is 1.01. The minimum atomic E-state index is -0.0557. The largest absolute Gasteiger partial charge is 0.462 e. The molecular formula is C12H8N2O2. The molecule has 3 aromatic rings. The average Bonchev–Trinajstić information content (AvgIpc) is 2.83. The average molecular weight is 212 g/mol. The number of aromatic nitrogens is 2. The van der Waals surface area contributed by atoms with Gasteiger partial charge in [-0.15, -0.1) is 0 Å². The quantitative estimate of drug-likeness (QED) is 0.619. The van der Waals surface area contributed by atoms with Gasteiger partial charge in [0.05, 0.1) is 11.7 Å². The van der Waals surface area contributed by atoms with Gasteiger partial charge in [-0.2, -0.15) is 0 Å². The minimum absolute atomic E-state index is 0.0557. The zero-order chi connectivity index (χ0) is 11.0. The second-order valence-electron chi connectivity index (χ2n) is 3.42. The summed E-state index contributed by atoms with van der Waals surface area (Å²) in [6.45, 7) is 0. The van der Waals surface area contributed by atoms with E-state index in [9.17, 15) is 4.79 Å². The van der Waals surface area contributed by atoms with Crippen molar-refractivity contribution in [1.82, 2.24) is 9.55 Å². The van der Waals surface area contributed by atoms with Gasteiger partial charge in [-0.3, -0.25) is 4.79 Å². The third kappa shape index (κ3) is 1.24. The summed E-state index contributed by atoms with van der Waals surface area (Å²) in [4.78, 5) is 16.0. The molecule has 0 fully saturated rings. The van der Waals surface area contributed by atoms with Crippen molar-refractivity contribution in [2.45, 2.75) is 0 Å². The van der Waals surface area contributed by atoms with E-state index in [1.165, 1.54) is 6.26 Å². The molecule has 0 unspecified atom stereocenters. The molecule has 2 heterocycles. The van der Waals surface area contributed by atoms with Crippen molar-refractivity contribution in [3.63, 3.8) is 0 Å². The Morgan fingerprint density at radius 3 is 2.94 bits per heavy atom. The van der Waals surface area contributed by atoms with Gasteiger partial charge >= 0.3 is 0 Å². The van der Waals surface area contributed by atoms with Gasteiger partial charge in [-0.05, 0) is 12.1 Å². The van der Waals surface area contributed by atoms with Crippen LogP contribution in [0.15, 0.2) is 58.5 Å². The number of imidazole rings is 1. The minimum Gasteiger partial charge on any atom is -0.462 e. The van der Waals surface area contributed by atoms with Crippen molar-refractivity contribution >= 4 is 11.0 Å². The first-order valence-corrected chi connectivity index (χ1v) is 4.85. The number of rotatable bonds is 1. The fourth-order valence-corrected chi connectivity index (χ4v) is 1.65. The van der Waals surface area contributed by atoms with Crippen LogP contribution < -0.4 is 5.43 Å². The lowest BCUT2D eigenvalue weighted by Crippen LogP contribution is -2.09. The van der Waals surface area contributed by atoms with E-state index >= 15 is 0 Å². The normalized spacial score (nSPS) is 10.8. The second kappa shape index (κ2) is 3.34. The molecule has 4 heteroatoms. The summed E-state index contributed by atoms with van der Waals surface area (Å²) < 4.78 is 7.04. The Hall–Kier alpha value is -2.36. The third-order valence-electron chi connectivity index (χ3n) is 2.44. The van der Waals surface area contributed by atoms with Crippen molar-refractivity contribution in [2.24, 2.45) is 0 Å². The van der Waals surface area contributed by atoms with Crippen LogP contribution in [0.3, 0.4) is 0 Å². The van der Waals surface area contributed by atoms with Gasteiger partial charge < -0.3 is 8.98 Å². The van der Waals surface area contributed by atoms with E-state index < -0.39 is 0 Å². The first-order chi connectivity index (χ1) is 7.86. The number of para-hydroxylation sites is 1. The first-order valence-electron chi connectivity index (χ1n) is 4.85. The Morgan fingerprint density at radius 2 is 2.12 bits per heavy atom. The zero-order valence-corrected chi connectivity index (χ0v) is 8.33. The van der Waals surface area contributed by atoms with Gasteiger partial charge in [0.2, 0.25) is 5.43 Å². The van der Waals surface area contributed by atoms with Crippen molar-refractivity contribution < 1.29 is 4.42 Å². The van der Waals surface area contributed by atoms with Crippen molar-refractivity contribution in [3.05, 3.63) is 59.5 Å². The van der Waals surface area contributed by atoms with Crippen molar-refractivity contribution in [3.8, 4) is 5.69 Å². The fourth-order valence-electron chi connectivity index (χ4n) is 1.65. The van der Waals surface area contributed by atoms with Gasteiger partial charge in [0.1, 0.15) is 17.5 Å². The van der Waals surface area contributed by atoms with Crippen LogP contribution >= 0.6 is 0 Å². The van der Waals surface area contributed by atoms with Crippen LogP contribution in [0.4, 0.5) is 0 Å². The molecule has 0 aliphatic rings. The Morgan fingerprint density at radius 1 is 1.25 bits per heavy atom. The van der Waals surface area contributed by atoms with E-state index in [-0.39, 0.29) is 5.43 Å². The van der Waals surface area contributed by atoms with Gasteiger partial charge in [0.25, 0.3) is 0 Å². The van der Waals surface area contributed by atoms with Crippen LogP contribution in [-0.4, -0.2) is 9.55 Å². The van der Waals surface area contributed by atoms with Gasteiger partial charge in [0, 0.05) is 12.4 Å². The molecule has 3 rings (SSSR count). The number of fused-ring (bicyclic) bond motifs is 1. The fraction of sp³-hybridized carbons (Fsp3) is 0. The van der Waals surface area contributed by atoms with E-state index in [0.717, 1.165) is 0 Å². The lowest BCUT2D eigenvalue weighted by molar-refractivity contribution is 0.597. The molecule has 0 saturated heterocycles. The summed E-state index contributed by atoms with van der Waals surface area (Å²) in [6.07, 6.45) is 6.35. The lowest BCUT2D eigenvalue weighted by Gasteiger charge is -2.01. The molecule has 0 amide bonds. The molecular weight excluding hydrogens is 204 g/mol. The van der Waals surface area contributed by atoms with Crippen LogP contribution in [0.2, 0.25) is 0 Å². The molecule has 0 aliphatic heterocycles. The van der Waals surface area contributed by atoms with Crippen LogP contribution in [0.5, 0.6) is 0 Å². The van der Waals surface area contributed by atoms with E-state index in [1.54, 1.807) is 35.4 Å². The Kier molecular flexibility index (Phi) is 1.86. The second-order valence-corrected chi connectivity index (χ2v) is 3.42. The maximum Gasteiger partial charge on any atom is 0.216 e. The summed E-state index contributed by atoms with van der Waals surface area (Å²) in [6, 6.07) is 7.18. The monoisotopic (exact) mass is 212 g/mol. The molecule has 0 spiro atoms. The first kappa shape index (κ1) is 8.91. The number of benzene rings is 1. The van der Waals surface area contributed by atoms with Crippen LogP contribution in [0.25, 0.3) is 16.7 Å². The van der Waals surface area contributed by atoms with Crippen LogP contribution in [-0.2, 0) is 0 Å². The molecule has 0 atom stereocenters. The van der Waals surface area contributed by atoms with Gasteiger partial charge in [-0.25, -0.2) is 4.98 Å². The van der Waals surface area contributed by atoms with E-state index in [2.05, 4.69) is 4.98 Å². The van der Waals surface area contributed by atoms with Gasteiger partial charge in [0.15, 0.2) is 0 Å². The third-order valence-corrected chi connectivity index (χ3v) is 2.44. The predicted octanol–water partition coefficient (Wildman–Crippen LogP) is 1.98. The molecule has 0 bridgehead atoms. The van der Waals surface area contributed by atoms with Crippen molar-refractivity contribution in [2.75, 3.05) is 0 Å². The molecule has 0 N–H and O–H groups in total. The molecule has 0 saturated carbocycles. The highest BCUT2D eigenvalue weighted by Gasteiger charge is 2.06. The SMILES string of the molecule is O=c1c(-n2ccnc2)coc2ccccc12. The summed E-state index contributed by atoms with van der Waals surface area (Å²) >= 11 is 0. The Bertz CT molecular complexity index is 684. The summed E-state index contributed by atoms with van der Waals surface area (Å²) in [5.74, 6) is 0. The smallest absolute Gasteiger partial charge is 0.216 e. The molecule has 16 heavy (non-hydrogen) atoms. The molecule has 78 valence electrons. The van der Waals surface area contributed by atoms with Crippen molar-refractivity contribution in [1.29, 1.82) is 0 Å². The maximum absolute atomic E-state index is 12.1.